The highest BCUT2D eigenvalue weighted by Gasteiger charge is 2.59. The van der Waals surface area contributed by atoms with Crippen molar-refractivity contribution in [2.75, 3.05) is 39.4 Å². The zero-order valence-electron chi connectivity index (χ0n) is 12.6. The highest BCUT2D eigenvalue weighted by atomic mass is 16.5. The van der Waals surface area contributed by atoms with Crippen molar-refractivity contribution in [3.8, 4) is 0 Å². The molecule has 3 fully saturated rings. The summed E-state index contributed by atoms with van der Waals surface area (Å²) in [5.41, 5.74) is -1.20. The first-order chi connectivity index (χ1) is 10.5. The quantitative estimate of drug-likeness (QED) is 0.739. The molecule has 0 radical (unpaired) electrons. The molecule has 0 aromatic carbocycles. The van der Waals surface area contributed by atoms with E-state index in [0.29, 0.717) is 52.2 Å². The van der Waals surface area contributed by atoms with Gasteiger partial charge in [-0.05, 0) is 25.7 Å². The molecule has 122 valence electrons. The molecule has 0 aromatic heterocycles. The first-order valence-corrected chi connectivity index (χ1v) is 7.94. The lowest BCUT2D eigenvalue weighted by molar-refractivity contribution is -0.155. The third kappa shape index (κ3) is 2.69. The molecule has 1 aliphatic carbocycles. The zero-order chi connectivity index (χ0) is 15.7. The van der Waals surface area contributed by atoms with Crippen LogP contribution in [-0.4, -0.2) is 72.1 Å². The first-order valence-electron chi connectivity index (χ1n) is 7.94. The van der Waals surface area contributed by atoms with Crippen LogP contribution in [0.3, 0.4) is 0 Å². The molecule has 3 rings (SSSR count). The van der Waals surface area contributed by atoms with Crippen molar-refractivity contribution in [3.63, 3.8) is 0 Å². The van der Waals surface area contributed by atoms with Crippen molar-refractivity contribution < 1.29 is 24.2 Å². The lowest BCUT2D eigenvalue weighted by Gasteiger charge is -2.37. The second-order valence-electron chi connectivity index (χ2n) is 6.42. The number of amides is 2. The van der Waals surface area contributed by atoms with Crippen LogP contribution in [0.1, 0.15) is 25.7 Å². The van der Waals surface area contributed by atoms with E-state index < -0.39 is 11.4 Å². The number of rotatable bonds is 3. The van der Waals surface area contributed by atoms with Crippen molar-refractivity contribution in [2.45, 2.75) is 25.7 Å². The van der Waals surface area contributed by atoms with E-state index in [-0.39, 0.29) is 17.7 Å². The molecule has 7 heteroatoms. The van der Waals surface area contributed by atoms with E-state index in [9.17, 15) is 19.5 Å². The van der Waals surface area contributed by atoms with Crippen molar-refractivity contribution >= 4 is 17.8 Å². The van der Waals surface area contributed by atoms with E-state index in [1.165, 1.54) is 0 Å². The second kappa shape index (κ2) is 5.87. The van der Waals surface area contributed by atoms with Gasteiger partial charge in [-0.15, -0.1) is 0 Å². The van der Waals surface area contributed by atoms with Crippen LogP contribution in [0.5, 0.6) is 0 Å². The number of likely N-dealkylation sites (tertiary alicyclic amines) is 1. The fourth-order valence-corrected chi connectivity index (χ4v) is 3.35. The van der Waals surface area contributed by atoms with E-state index in [0.717, 1.165) is 12.8 Å². The van der Waals surface area contributed by atoms with Crippen molar-refractivity contribution in [2.24, 2.45) is 11.3 Å². The average molecular weight is 310 g/mol. The lowest BCUT2D eigenvalue weighted by atomic mass is 9.94. The van der Waals surface area contributed by atoms with Gasteiger partial charge in [0, 0.05) is 26.2 Å². The molecule has 0 spiro atoms. The minimum absolute atomic E-state index is 0.0703. The molecule has 0 aromatic rings. The third-order valence-electron chi connectivity index (χ3n) is 4.95. The molecule has 1 saturated carbocycles. The van der Waals surface area contributed by atoms with Gasteiger partial charge in [-0.3, -0.25) is 14.4 Å². The Bertz CT molecular complexity index is 482. The van der Waals surface area contributed by atoms with Crippen molar-refractivity contribution in [1.29, 1.82) is 0 Å². The van der Waals surface area contributed by atoms with Gasteiger partial charge in [0.2, 0.25) is 11.8 Å². The molecule has 2 aliphatic heterocycles. The fraction of sp³-hybridized carbons (Fsp3) is 0.800. The number of carbonyl (C=O) groups is 3. The van der Waals surface area contributed by atoms with Gasteiger partial charge in [-0.25, -0.2) is 0 Å². The van der Waals surface area contributed by atoms with Gasteiger partial charge in [-0.2, -0.15) is 0 Å². The van der Waals surface area contributed by atoms with Crippen LogP contribution in [-0.2, 0) is 19.1 Å². The van der Waals surface area contributed by atoms with E-state index in [4.69, 9.17) is 4.74 Å². The Kier molecular flexibility index (Phi) is 4.08. The molecule has 1 unspecified atom stereocenters. The Morgan fingerprint density at radius 1 is 1.05 bits per heavy atom. The van der Waals surface area contributed by atoms with Crippen LogP contribution >= 0.6 is 0 Å². The van der Waals surface area contributed by atoms with Gasteiger partial charge in [0.15, 0.2) is 0 Å². The number of ether oxygens (including phenoxy) is 1. The number of nitrogens with zero attached hydrogens (tertiary/aromatic N) is 2. The minimum Gasteiger partial charge on any atom is -0.480 e. The molecule has 7 nitrogen and oxygen atoms in total. The van der Waals surface area contributed by atoms with Gasteiger partial charge >= 0.3 is 5.97 Å². The second-order valence-corrected chi connectivity index (χ2v) is 6.42. The number of carbonyl (C=O) groups excluding carboxylic acids is 2. The summed E-state index contributed by atoms with van der Waals surface area (Å²) in [6, 6.07) is 0. The third-order valence-corrected chi connectivity index (χ3v) is 4.95. The molecular weight excluding hydrogens is 288 g/mol. The summed E-state index contributed by atoms with van der Waals surface area (Å²) in [6.07, 6.45) is 2.35. The number of carboxylic acid groups (broad SMARTS) is 1. The average Bonchev–Trinajstić information content (AvgIpc) is 3.36. The predicted molar refractivity (Wildman–Crippen MR) is 76.0 cm³/mol. The molecule has 0 bridgehead atoms. The summed E-state index contributed by atoms with van der Waals surface area (Å²) >= 11 is 0. The maximum Gasteiger partial charge on any atom is 0.319 e. The van der Waals surface area contributed by atoms with Crippen LogP contribution < -0.4 is 0 Å². The van der Waals surface area contributed by atoms with Crippen LogP contribution in [0.2, 0.25) is 0 Å². The maximum absolute atomic E-state index is 12.5. The SMILES string of the molecule is O=C(C1CCCN(C(=O)C2(C(=O)O)CC2)C1)N1CCOCC1. The Labute approximate surface area is 129 Å². The molecular formula is C15H22N2O5. The van der Waals surface area contributed by atoms with Crippen LogP contribution in [0.4, 0.5) is 0 Å². The smallest absolute Gasteiger partial charge is 0.319 e. The van der Waals surface area contributed by atoms with Crippen LogP contribution in [0.25, 0.3) is 0 Å². The van der Waals surface area contributed by atoms with Crippen LogP contribution in [0.15, 0.2) is 0 Å². The van der Waals surface area contributed by atoms with Gasteiger partial charge in [-0.1, -0.05) is 0 Å². The molecule has 2 heterocycles. The van der Waals surface area contributed by atoms with E-state index in [1.807, 2.05) is 0 Å². The summed E-state index contributed by atoms with van der Waals surface area (Å²) in [7, 11) is 0. The van der Waals surface area contributed by atoms with E-state index in [2.05, 4.69) is 0 Å². The number of piperidine rings is 1. The van der Waals surface area contributed by atoms with Crippen molar-refractivity contribution in [3.05, 3.63) is 0 Å². The predicted octanol–water partition coefficient (Wildman–Crippen LogP) is -0.0514. The van der Waals surface area contributed by atoms with Gasteiger partial charge in [0.25, 0.3) is 0 Å². The maximum atomic E-state index is 12.5. The first kappa shape index (κ1) is 15.3. The topological polar surface area (TPSA) is 87.2 Å². The summed E-state index contributed by atoms with van der Waals surface area (Å²) < 4.78 is 5.25. The molecule has 1 N–H and O–H groups in total. The highest BCUT2D eigenvalue weighted by Crippen LogP contribution is 2.48. The lowest BCUT2D eigenvalue weighted by Crippen LogP contribution is -2.51. The number of morpholine rings is 1. The van der Waals surface area contributed by atoms with Crippen molar-refractivity contribution in [1.82, 2.24) is 9.80 Å². The Morgan fingerprint density at radius 2 is 1.73 bits per heavy atom. The number of carboxylic acids is 1. The summed E-state index contributed by atoms with van der Waals surface area (Å²) in [5, 5.41) is 9.25. The molecule has 2 amide bonds. The largest absolute Gasteiger partial charge is 0.480 e. The molecule has 1 atom stereocenters. The standard InChI is InChI=1S/C15H22N2O5/c18-12(16-6-8-22-9-7-16)11-2-1-5-17(10-11)13(19)15(3-4-15)14(20)21/h11H,1-10H2,(H,20,21). The Balaban J connectivity index is 1.63. The number of hydrogen-bond donors (Lipinski definition) is 1. The molecule has 2 saturated heterocycles. The summed E-state index contributed by atoms with van der Waals surface area (Å²) in [5.74, 6) is -1.47. The van der Waals surface area contributed by atoms with Gasteiger partial charge < -0.3 is 19.6 Å². The van der Waals surface area contributed by atoms with E-state index >= 15 is 0 Å². The monoisotopic (exact) mass is 310 g/mol. The van der Waals surface area contributed by atoms with E-state index in [1.54, 1.807) is 9.80 Å². The Morgan fingerprint density at radius 3 is 2.32 bits per heavy atom. The number of hydrogen-bond acceptors (Lipinski definition) is 4. The Hall–Kier alpha value is -1.63. The normalized spacial score (nSPS) is 27.4. The highest BCUT2D eigenvalue weighted by molar-refractivity contribution is 6.05. The molecule has 22 heavy (non-hydrogen) atoms. The van der Waals surface area contributed by atoms with Crippen LogP contribution in [0, 0.1) is 11.3 Å². The molecule has 3 aliphatic rings. The fourth-order valence-electron chi connectivity index (χ4n) is 3.35. The summed E-state index contributed by atoms with van der Waals surface area (Å²) in [4.78, 5) is 39.7. The summed E-state index contributed by atoms with van der Waals surface area (Å²) in [6.45, 7) is 3.22. The van der Waals surface area contributed by atoms with Gasteiger partial charge in [0.1, 0.15) is 5.41 Å². The van der Waals surface area contributed by atoms with Gasteiger partial charge in [0.05, 0.1) is 19.1 Å². The minimum atomic E-state index is -1.20. The zero-order valence-corrected chi connectivity index (χ0v) is 12.6. The number of aliphatic carboxylic acids is 1.